The normalized spacial score (nSPS) is 11.7. The number of nitrogens with two attached hydrogens (primary N) is 2. The van der Waals surface area contributed by atoms with Crippen LogP contribution in [0.15, 0.2) is 0 Å². The highest BCUT2D eigenvalue weighted by Crippen LogP contribution is 2.06. The van der Waals surface area contributed by atoms with E-state index < -0.39 is 12.2 Å². The van der Waals surface area contributed by atoms with Crippen LogP contribution >= 0.6 is 0 Å². The molecule has 4 N–H and O–H groups in total. The molecule has 0 fully saturated rings. The SMILES string of the molecule is NCCCCCC(N)OC(=O)CCCCC(=O)OC=O. The summed E-state index contributed by atoms with van der Waals surface area (Å²) in [5, 5.41) is 0. The van der Waals surface area contributed by atoms with Crippen LogP contribution in [0.1, 0.15) is 51.4 Å². The molecule has 1 atom stereocenters. The quantitative estimate of drug-likeness (QED) is 0.177. The molecule has 116 valence electrons. The maximum absolute atomic E-state index is 11.4. The van der Waals surface area contributed by atoms with Crippen LogP contribution in [0.4, 0.5) is 0 Å². The molecule has 0 amide bonds. The fraction of sp³-hybridized carbons (Fsp3) is 0.769. The Morgan fingerprint density at radius 1 is 1.00 bits per heavy atom. The molecule has 0 saturated heterocycles. The summed E-state index contributed by atoms with van der Waals surface area (Å²) in [7, 11) is 0. The number of unbranched alkanes of at least 4 members (excludes halogenated alkanes) is 3. The molecule has 0 saturated carbocycles. The van der Waals surface area contributed by atoms with E-state index in [-0.39, 0.29) is 25.3 Å². The molecule has 0 heterocycles. The lowest BCUT2D eigenvalue weighted by molar-refractivity contribution is -0.153. The van der Waals surface area contributed by atoms with Gasteiger partial charge in [-0.3, -0.25) is 20.1 Å². The minimum Gasteiger partial charge on any atom is -0.447 e. The molecule has 0 rings (SSSR count). The second-order valence-corrected chi connectivity index (χ2v) is 4.46. The second kappa shape index (κ2) is 12.6. The van der Waals surface area contributed by atoms with Gasteiger partial charge < -0.3 is 15.2 Å². The van der Waals surface area contributed by atoms with Gasteiger partial charge in [0.25, 0.3) is 0 Å². The average molecular weight is 288 g/mol. The number of hydrogen-bond acceptors (Lipinski definition) is 7. The smallest absolute Gasteiger partial charge is 0.313 e. The van der Waals surface area contributed by atoms with Gasteiger partial charge in [0.1, 0.15) is 0 Å². The molecule has 0 aromatic carbocycles. The van der Waals surface area contributed by atoms with E-state index in [0.29, 0.717) is 25.8 Å². The minimum atomic E-state index is -0.593. The van der Waals surface area contributed by atoms with E-state index in [1.165, 1.54) is 0 Å². The first-order valence-corrected chi connectivity index (χ1v) is 6.88. The van der Waals surface area contributed by atoms with Crippen LogP contribution in [0, 0.1) is 0 Å². The Hall–Kier alpha value is -1.47. The van der Waals surface area contributed by atoms with Crippen molar-refractivity contribution in [2.45, 2.75) is 57.6 Å². The summed E-state index contributed by atoms with van der Waals surface area (Å²) in [5.41, 5.74) is 11.0. The molecule has 0 bridgehead atoms. The van der Waals surface area contributed by atoms with E-state index in [1.807, 2.05) is 0 Å². The summed E-state index contributed by atoms with van der Waals surface area (Å²) in [6.07, 6.45) is 4.10. The number of rotatable bonds is 12. The van der Waals surface area contributed by atoms with E-state index in [9.17, 15) is 14.4 Å². The lowest BCUT2D eigenvalue weighted by Gasteiger charge is -2.12. The maximum Gasteiger partial charge on any atom is 0.313 e. The van der Waals surface area contributed by atoms with Crippen molar-refractivity contribution in [3.8, 4) is 0 Å². The topological polar surface area (TPSA) is 122 Å². The highest BCUT2D eigenvalue weighted by atomic mass is 16.6. The van der Waals surface area contributed by atoms with Crippen LogP contribution in [-0.4, -0.2) is 31.2 Å². The van der Waals surface area contributed by atoms with Crippen LogP contribution in [0.25, 0.3) is 0 Å². The third-order valence-corrected chi connectivity index (χ3v) is 2.67. The molecule has 0 aliphatic rings. The van der Waals surface area contributed by atoms with E-state index in [2.05, 4.69) is 4.74 Å². The van der Waals surface area contributed by atoms with Crippen molar-refractivity contribution in [1.29, 1.82) is 0 Å². The Kier molecular flexibility index (Phi) is 11.6. The maximum atomic E-state index is 11.4. The molecule has 20 heavy (non-hydrogen) atoms. The van der Waals surface area contributed by atoms with Crippen LogP contribution in [-0.2, 0) is 23.9 Å². The summed E-state index contributed by atoms with van der Waals surface area (Å²) in [5.74, 6) is -0.968. The van der Waals surface area contributed by atoms with Gasteiger partial charge >= 0.3 is 18.4 Å². The number of carbonyl (C=O) groups excluding carboxylic acids is 3. The molecule has 0 radical (unpaired) electrons. The lowest BCUT2D eigenvalue weighted by Crippen LogP contribution is -2.27. The fourth-order valence-corrected chi connectivity index (χ4v) is 1.60. The van der Waals surface area contributed by atoms with E-state index >= 15 is 0 Å². The molecule has 0 aliphatic carbocycles. The first-order chi connectivity index (χ1) is 9.60. The largest absolute Gasteiger partial charge is 0.447 e. The number of hydrogen-bond donors (Lipinski definition) is 2. The molecular formula is C13H24N2O5. The first-order valence-electron chi connectivity index (χ1n) is 6.88. The Morgan fingerprint density at radius 3 is 2.25 bits per heavy atom. The van der Waals surface area contributed by atoms with Gasteiger partial charge in [0.15, 0.2) is 6.23 Å². The second-order valence-electron chi connectivity index (χ2n) is 4.46. The fourth-order valence-electron chi connectivity index (χ4n) is 1.60. The van der Waals surface area contributed by atoms with Crippen LogP contribution < -0.4 is 11.5 Å². The summed E-state index contributed by atoms with van der Waals surface area (Å²) < 4.78 is 9.13. The Morgan fingerprint density at radius 2 is 1.65 bits per heavy atom. The number of carbonyl (C=O) groups is 3. The van der Waals surface area contributed by atoms with Gasteiger partial charge in [-0.05, 0) is 38.6 Å². The molecule has 0 spiro atoms. The van der Waals surface area contributed by atoms with E-state index in [1.54, 1.807) is 0 Å². The van der Waals surface area contributed by atoms with E-state index in [0.717, 1.165) is 19.3 Å². The Labute approximate surface area is 119 Å². The molecular weight excluding hydrogens is 264 g/mol. The Balaban J connectivity index is 3.52. The number of esters is 2. The van der Waals surface area contributed by atoms with E-state index in [4.69, 9.17) is 16.2 Å². The zero-order valence-electron chi connectivity index (χ0n) is 11.7. The predicted octanol–water partition coefficient (Wildman–Crippen LogP) is 0.593. The van der Waals surface area contributed by atoms with Gasteiger partial charge in [-0.25, -0.2) is 0 Å². The van der Waals surface area contributed by atoms with Crippen molar-refractivity contribution >= 4 is 18.4 Å². The zero-order valence-corrected chi connectivity index (χ0v) is 11.7. The minimum absolute atomic E-state index is 0.0975. The summed E-state index contributed by atoms with van der Waals surface area (Å²) in [6, 6.07) is 0. The Bertz CT molecular complexity index is 296. The van der Waals surface area contributed by atoms with Crippen molar-refractivity contribution in [2.75, 3.05) is 6.54 Å². The molecule has 0 aliphatic heterocycles. The van der Waals surface area contributed by atoms with Crippen molar-refractivity contribution in [3.63, 3.8) is 0 Å². The molecule has 1 unspecified atom stereocenters. The zero-order chi connectivity index (χ0) is 15.2. The monoisotopic (exact) mass is 288 g/mol. The van der Waals surface area contributed by atoms with Gasteiger partial charge in [-0.15, -0.1) is 0 Å². The summed E-state index contributed by atoms with van der Waals surface area (Å²) >= 11 is 0. The molecule has 7 nitrogen and oxygen atoms in total. The number of ether oxygens (including phenoxy) is 2. The summed E-state index contributed by atoms with van der Waals surface area (Å²) in [6.45, 7) is 0.752. The standard InChI is InChI=1S/C13H24N2O5/c14-9-5-1-2-6-11(15)20-13(18)8-4-3-7-12(17)19-10-16/h10-11H,1-9,14-15H2. The van der Waals surface area contributed by atoms with Crippen LogP contribution in [0.3, 0.4) is 0 Å². The van der Waals surface area contributed by atoms with Crippen molar-refractivity contribution in [3.05, 3.63) is 0 Å². The van der Waals surface area contributed by atoms with Gasteiger partial charge in [0, 0.05) is 12.8 Å². The first kappa shape index (κ1) is 18.5. The van der Waals surface area contributed by atoms with Gasteiger partial charge in [-0.1, -0.05) is 6.42 Å². The molecule has 0 aromatic rings. The third kappa shape index (κ3) is 11.6. The highest BCUT2D eigenvalue weighted by Gasteiger charge is 2.10. The average Bonchev–Trinajstić information content (AvgIpc) is 2.40. The van der Waals surface area contributed by atoms with Crippen molar-refractivity contribution in [1.82, 2.24) is 0 Å². The lowest BCUT2D eigenvalue weighted by atomic mass is 10.2. The van der Waals surface area contributed by atoms with Crippen molar-refractivity contribution < 1.29 is 23.9 Å². The third-order valence-electron chi connectivity index (χ3n) is 2.67. The van der Waals surface area contributed by atoms with Gasteiger partial charge in [0.05, 0.1) is 0 Å². The van der Waals surface area contributed by atoms with Gasteiger partial charge in [0.2, 0.25) is 0 Å². The summed E-state index contributed by atoms with van der Waals surface area (Å²) in [4.78, 5) is 32.1. The highest BCUT2D eigenvalue weighted by molar-refractivity contribution is 5.76. The predicted molar refractivity (Wildman–Crippen MR) is 72.2 cm³/mol. The van der Waals surface area contributed by atoms with Crippen molar-refractivity contribution in [2.24, 2.45) is 11.5 Å². The molecule has 7 heteroatoms. The van der Waals surface area contributed by atoms with Gasteiger partial charge in [-0.2, -0.15) is 0 Å². The van der Waals surface area contributed by atoms with Crippen LogP contribution in [0.5, 0.6) is 0 Å². The molecule has 0 aromatic heterocycles. The van der Waals surface area contributed by atoms with Crippen LogP contribution in [0.2, 0.25) is 0 Å².